The Morgan fingerprint density at radius 3 is 3.07 bits per heavy atom. The third-order valence-electron chi connectivity index (χ3n) is 2.98. The number of Topliss-reactive ketones (excluding diaryl/α,β-unsaturated/α-hetero) is 1. The molecule has 15 heavy (non-hydrogen) atoms. The molecule has 82 valence electrons. The topological polar surface area (TPSA) is 30.2 Å². The lowest BCUT2D eigenvalue weighted by Gasteiger charge is -2.10. The molecule has 0 amide bonds. The van der Waals surface area contributed by atoms with E-state index in [0.29, 0.717) is 11.7 Å². The Labute approximate surface area is 98.2 Å². The lowest BCUT2D eigenvalue weighted by Crippen LogP contribution is -2.07. The number of rotatable bonds is 2. The Morgan fingerprint density at radius 2 is 2.33 bits per heavy atom. The van der Waals surface area contributed by atoms with Crippen LogP contribution in [0.15, 0.2) is 21.4 Å². The van der Waals surface area contributed by atoms with Gasteiger partial charge in [-0.15, -0.1) is 0 Å². The van der Waals surface area contributed by atoms with E-state index in [0.717, 1.165) is 30.4 Å². The van der Waals surface area contributed by atoms with Crippen molar-refractivity contribution in [2.24, 2.45) is 5.92 Å². The van der Waals surface area contributed by atoms with Crippen molar-refractivity contribution in [2.75, 3.05) is 0 Å². The van der Waals surface area contributed by atoms with Gasteiger partial charge < -0.3 is 4.42 Å². The van der Waals surface area contributed by atoms with Gasteiger partial charge in [0.2, 0.25) is 0 Å². The lowest BCUT2D eigenvalue weighted by atomic mass is 9.93. The van der Waals surface area contributed by atoms with Crippen molar-refractivity contribution in [3.05, 3.63) is 22.6 Å². The molecule has 2 nitrogen and oxygen atoms in total. The molecule has 1 atom stereocenters. The maximum Gasteiger partial charge on any atom is 0.169 e. The number of halogens is 1. The molecule has 1 fully saturated rings. The number of hydrogen-bond acceptors (Lipinski definition) is 2. The molecule has 1 aromatic rings. The van der Waals surface area contributed by atoms with Crippen LogP contribution in [-0.4, -0.2) is 5.78 Å². The minimum Gasteiger partial charge on any atom is -0.457 e. The minimum atomic E-state index is 0.431. The van der Waals surface area contributed by atoms with Gasteiger partial charge in [-0.25, -0.2) is 0 Å². The second-order valence-electron chi connectivity index (χ2n) is 4.32. The molecule has 1 aliphatic carbocycles. The Bertz CT molecular complexity index is 343. The molecule has 1 heterocycles. The minimum absolute atomic E-state index is 0.431. The molecule has 1 saturated carbocycles. The van der Waals surface area contributed by atoms with E-state index >= 15 is 0 Å². The van der Waals surface area contributed by atoms with E-state index in [9.17, 15) is 4.79 Å². The van der Waals surface area contributed by atoms with Crippen molar-refractivity contribution in [1.82, 2.24) is 0 Å². The summed E-state index contributed by atoms with van der Waals surface area (Å²) in [5.41, 5.74) is 1.20. The van der Waals surface area contributed by atoms with Crippen LogP contribution in [0.2, 0.25) is 0 Å². The first-order valence-corrected chi connectivity index (χ1v) is 6.28. The van der Waals surface area contributed by atoms with E-state index in [4.69, 9.17) is 4.42 Å². The highest BCUT2D eigenvalue weighted by molar-refractivity contribution is 9.10. The SMILES string of the molecule is O=C1CCCCC(Cc2coc(Br)c2)C1. The van der Waals surface area contributed by atoms with Gasteiger partial charge in [-0.1, -0.05) is 6.42 Å². The molecule has 1 aromatic heterocycles. The van der Waals surface area contributed by atoms with Crippen molar-refractivity contribution in [2.45, 2.75) is 38.5 Å². The molecule has 2 rings (SSSR count). The third kappa shape index (κ3) is 3.20. The maximum absolute atomic E-state index is 11.5. The second-order valence-corrected chi connectivity index (χ2v) is 5.10. The van der Waals surface area contributed by atoms with Crippen LogP contribution in [0.3, 0.4) is 0 Å². The molecular formula is C12H15BrO2. The molecule has 3 heteroatoms. The first-order chi connectivity index (χ1) is 7.24. The Kier molecular flexibility index (Phi) is 3.62. The highest BCUT2D eigenvalue weighted by Crippen LogP contribution is 2.25. The molecule has 0 N–H and O–H groups in total. The van der Waals surface area contributed by atoms with E-state index in [-0.39, 0.29) is 0 Å². The zero-order valence-corrected chi connectivity index (χ0v) is 10.3. The van der Waals surface area contributed by atoms with E-state index in [1.54, 1.807) is 6.26 Å². The van der Waals surface area contributed by atoms with Gasteiger partial charge in [0.25, 0.3) is 0 Å². The predicted octanol–water partition coefficient (Wildman–Crippen LogP) is 3.73. The maximum atomic E-state index is 11.5. The molecule has 0 spiro atoms. The number of carbonyl (C=O) groups excluding carboxylic acids is 1. The van der Waals surface area contributed by atoms with Gasteiger partial charge in [-0.05, 0) is 52.7 Å². The van der Waals surface area contributed by atoms with Gasteiger partial charge in [-0.3, -0.25) is 4.79 Å². The summed E-state index contributed by atoms with van der Waals surface area (Å²) in [6, 6.07) is 2.00. The Hall–Kier alpha value is -0.570. The van der Waals surface area contributed by atoms with Gasteiger partial charge in [0.1, 0.15) is 5.78 Å². The van der Waals surface area contributed by atoms with Crippen molar-refractivity contribution < 1.29 is 9.21 Å². The van der Waals surface area contributed by atoms with Gasteiger partial charge in [-0.2, -0.15) is 0 Å². The van der Waals surface area contributed by atoms with Gasteiger partial charge >= 0.3 is 0 Å². The highest BCUT2D eigenvalue weighted by atomic mass is 79.9. The molecule has 0 saturated heterocycles. The average molecular weight is 271 g/mol. The van der Waals surface area contributed by atoms with Crippen LogP contribution in [-0.2, 0) is 11.2 Å². The fourth-order valence-electron chi connectivity index (χ4n) is 2.24. The van der Waals surface area contributed by atoms with Crippen LogP contribution < -0.4 is 0 Å². The third-order valence-corrected chi connectivity index (χ3v) is 3.40. The summed E-state index contributed by atoms with van der Waals surface area (Å²) >= 11 is 3.29. The Morgan fingerprint density at radius 1 is 1.47 bits per heavy atom. The molecule has 0 aliphatic heterocycles. The van der Waals surface area contributed by atoms with E-state index in [1.165, 1.54) is 18.4 Å². The number of hydrogen-bond donors (Lipinski definition) is 0. The van der Waals surface area contributed by atoms with E-state index < -0.39 is 0 Å². The van der Waals surface area contributed by atoms with Crippen molar-refractivity contribution in [3.8, 4) is 0 Å². The molecule has 0 bridgehead atoms. The summed E-state index contributed by atoms with van der Waals surface area (Å²) in [6.07, 6.45) is 7.73. The summed E-state index contributed by atoms with van der Waals surface area (Å²) in [6.45, 7) is 0. The highest BCUT2D eigenvalue weighted by Gasteiger charge is 2.18. The summed E-state index contributed by atoms with van der Waals surface area (Å²) in [5.74, 6) is 0.949. The van der Waals surface area contributed by atoms with Crippen LogP contribution in [0.25, 0.3) is 0 Å². The number of furan rings is 1. The molecule has 0 aromatic carbocycles. The number of ketones is 1. The van der Waals surface area contributed by atoms with E-state index in [1.807, 2.05) is 6.07 Å². The van der Waals surface area contributed by atoms with Crippen LogP contribution in [0.1, 0.15) is 37.7 Å². The van der Waals surface area contributed by atoms with Gasteiger partial charge in [0.15, 0.2) is 4.67 Å². The smallest absolute Gasteiger partial charge is 0.169 e. The predicted molar refractivity (Wildman–Crippen MR) is 61.7 cm³/mol. The first kappa shape index (κ1) is 10.9. The average Bonchev–Trinajstić information content (AvgIpc) is 2.46. The fourth-order valence-corrected chi connectivity index (χ4v) is 2.63. The molecule has 1 unspecified atom stereocenters. The van der Waals surface area contributed by atoms with Gasteiger partial charge in [0.05, 0.1) is 6.26 Å². The summed E-state index contributed by atoms with van der Waals surface area (Å²) in [7, 11) is 0. The van der Waals surface area contributed by atoms with Crippen LogP contribution in [0.5, 0.6) is 0 Å². The van der Waals surface area contributed by atoms with Crippen LogP contribution in [0, 0.1) is 5.92 Å². The van der Waals surface area contributed by atoms with Crippen molar-refractivity contribution >= 4 is 21.7 Å². The van der Waals surface area contributed by atoms with Crippen molar-refractivity contribution in [1.29, 1.82) is 0 Å². The normalized spacial score (nSPS) is 22.7. The lowest BCUT2D eigenvalue weighted by molar-refractivity contribution is -0.119. The quantitative estimate of drug-likeness (QED) is 0.767. The monoisotopic (exact) mass is 270 g/mol. The molecular weight excluding hydrogens is 256 g/mol. The van der Waals surface area contributed by atoms with Crippen LogP contribution in [0.4, 0.5) is 0 Å². The van der Waals surface area contributed by atoms with E-state index in [2.05, 4.69) is 15.9 Å². The van der Waals surface area contributed by atoms with Gasteiger partial charge in [0, 0.05) is 12.8 Å². The summed E-state index contributed by atoms with van der Waals surface area (Å²) in [4.78, 5) is 11.5. The van der Waals surface area contributed by atoms with Crippen LogP contribution >= 0.6 is 15.9 Å². The molecule has 1 aliphatic rings. The van der Waals surface area contributed by atoms with Crippen molar-refractivity contribution in [3.63, 3.8) is 0 Å². The Balaban J connectivity index is 1.95. The zero-order valence-electron chi connectivity index (χ0n) is 8.67. The standard InChI is InChI=1S/C12H15BrO2/c13-12-7-10(8-15-12)5-9-3-1-2-4-11(14)6-9/h7-9H,1-6H2. The summed E-state index contributed by atoms with van der Waals surface area (Å²) in [5, 5.41) is 0. The second kappa shape index (κ2) is 4.97. The largest absolute Gasteiger partial charge is 0.457 e. The first-order valence-electron chi connectivity index (χ1n) is 5.48. The fraction of sp³-hybridized carbons (Fsp3) is 0.583. The summed E-state index contributed by atoms with van der Waals surface area (Å²) < 4.78 is 5.97. The zero-order chi connectivity index (χ0) is 10.7. The number of carbonyl (C=O) groups is 1. The molecule has 0 radical (unpaired) electrons.